The predicted molar refractivity (Wildman–Crippen MR) is 83.6 cm³/mol. The van der Waals surface area contributed by atoms with Crippen LogP contribution in [-0.2, 0) is 16.6 Å². The van der Waals surface area contributed by atoms with Gasteiger partial charge in [0.2, 0.25) is 10.0 Å². The fourth-order valence-electron chi connectivity index (χ4n) is 2.60. The molecule has 21 heavy (non-hydrogen) atoms. The summed E-state index contributed by atoms with van der Waals surface area (Å²) in [5, 5.41) is 3.25. The molecule has 0 amide bonds. The van der Waals surface area contributed by atoms with Gasteiger partial charge < -0.3 is 15.2 Å². The maximum Gasteiger partial charge on any atom is 0.242 e. The quantitative estimate of drug-likeness (QED) is 0.623. The highest BCUT2D eigenvalue weighted by Gasteiger charge is 2.23. The van der Waals surface area contributed by atoms with E-state index in [0.717, 1.165) is 38.0 Å². The standard InChI is InChI=1S/C14H26N4O2S/c1-3-6-15-9-12-8-14(11-16-12)21(19,20)17-10-13-5-4-7-18(13)2/h8,11,13,15-17H,3-7,9-10H2,1-2H3. The minimum Gasteiger partial charge on any atom is -0.363 e. The van der Waals surface area contributed by atoms with E-state index in [1.54, 1.807) is 12.3 Å². The van der Waals surface area contributed by atoms with Crippen molar-refractivity contribution in [2.75, 3.05) is 26.7 Å². The van der Waals surface area contributed by atoms with Crippen LogP contribution < -0.4 is 10.0 Å². The highest BCUT2D eigenvalue weighted by atomic mass is 32.2. The fourth-order valence-corrected chi connectivity index (χ4v) is 3.69. The molecule has 2 heterocycles. The van der Waals surface area contributed by atoms with E-state index in [4.69, 9.17) is 0 Å². The number of rotatable bonds is 8. The summed E-state index contributed by atoms with van der Waals surface area (Å²) >= 11 is 0. The lowest BCUT2D eigenvalue weighted by molar-refractivity contribution is 0.311. The van der Waals surface area contributed by atoms with Crippen LogP contribution in [0.25, 0.3) is 0 Å². The molecule has 1 aromatic heterocycles. The van der Waals surface area contributed by atoms with E-state index in [-0.39, 0.29) is 0 Å². The zero-order valence-corrected chi connectivity index (χ0v) is 13.7. The molecule has 0 radical (unpaired) electrons. The molecule has 1 aliphatic heterocycles. The van der Waals surface area contributed by atoms with Crippen molar-refractivity contribution in [2.45, 2.75) is 43.7 Å². The first kappa shape index (κ1) is 16.5. The van der Waals surface area contributed by atoms with Gasteiger partial charge in [0.05, 0.1) is 4.90 Å². The Balaban J connectivity index is 1.89. The lowest BCUT2D eigenvalue weighted by Crippen LogP contribution is -2.38. The number of hydrogen-bond acceptors (Lipinski definition) is 4. The molecular weight excluding hydrogens is 288 g/mol. The highest BCUT2D eigenvalue weighted by molar-refractivity contribution is 7.89. The van der Waals surface area contributed by atoms with Crippen LogP contribution in [0.3, 0.4) is 0 Å². The molecule has 6 nitrogen and oxygen atoms in total. The number of nitrogens with zero attached hydrogens (tertiary/aromatic N) is 1. The summed E-state index contributed by atoms with van der Waals surface area (Å²) in [6.45, 7) is 5.21. The SMILES string of the molecule is CCCNCc1cc(S(=O)(=O)NCC2CCCN2C)c[nH]1. The van der Waals surface area contributed by atoms with Crippen LogP contribution >= 0.6 is 0 Å². The van der Waals surface area contributed by atoms with Gasteiger partial charge in [0.15, 0.2) is 0 Å². The van der Waals surface area contributed by atoms with Crippen LogP contribution in [0.4, 0.5) is 0 Å². The Bertz CT molecular complexity index is 541. The zero-order chi connectivity index (χ0) is 15.3. The van der Waals surface area contributed by atoms with Crippen LogP contribution in [0.2, 0.25) is 0 Å². The average Bonchev–Trinajstić information content (AvgIpc) is 3.06. The maximum absolute atomic E-state index is 12.3. The molecule has 7 heteroatoms. The lowest BCUT2D eigenvalue weighted by Gasteiger charge is -2.19. The number of sulfonamides is 1. The normalized spacial score (nSPS) is 20.2. The third-order valence-corrected chi connectivity index (χ3v) is 5.35. The highest BCUT2D eigenvalue weighted by Crippen LogP contribution is 2.15. The summed E-state index contributed by atoms with van der Waals surface area (Å²) in [5.41, 5.74) is 0.891. The fraction of sp³-hybridized carbons (Fsp3) is 0.714. The van der Waals surface area contributed by atoms with Gasteiger partial charge in [-0.3, -0.25) is 0 Å². The Morgan fingerprint density at radius 3 is 2.95 bits per heavy atom. The number of nitrogens with one attached hydrogen (secondary N) is 3. The molecule has 1 aliphatic rings. The molecule has 1 fully saturated rings. The van der Waals surface area contributed by atoms with E-state index < -0.39 is 10.0 Å². The Morgan fingerprint density at radius 2 is 2.29 bits per heavy atom. The molecule has 1 aromatic rings. The molecule has 0 aromatic carbocycles. The Hall–Kier alpha value is -0.890. The van der Waals surface area contributed by atoms with E-state index >= 15 is 0 Å². The summed E-state index contributed by atoms with van der Waals surface area (Å²) < 4.78 is 27.3. The topological polar surface area (TPSA) is 77.2 Å². The largest absolute Gasteiger partial charge is 0.363 e. The molecule has 0 aliphatic carbocycles. The minimum atomic E-state index is -3.42. The van der Waals surface area contributed by atoms with Crippen LogP contribution in [0, 0.1) is 0 Å². The van der Waals surface area contributed by atoms with E-state index in [0.29, 0.717) is 24.0 Å². The van der Waals surface area contributed by atoms with Crippen LogP contribution in [0.15, 0.2) is 17.2 Å². The van der Waals surface area contributed by atoms with Crippen LogP contribution in [0.1, 0.15) is 31.9 Å². The molecule has 1 atom stereocenters. The predicted octanol–water partition coefficient (Wildman–Crippen LogP) is 0.887. The first-order valence-corrected chi connectivity index (χ1v) is 9.09. The smallest absolute Gasteiger partial charge is 0.242 e. The van der Waals surface area contributed by atoms with Crippen molar-refractivity contribution in [2.24, 2.45) is 0 Å². The average molecular weight is 314 g/mol. The van der Waals surface area contributed by atoms with Crippen LogP contribution in [-0.4, -0.2) is 51.0 Å². The molecule has 0 bridgehead atoms. The molecule has 2 rings (SSSR count). The van der Waals surface area contributed by atoms with Gasteiger partial charge in [-0.25, -0.2) is 13.1 Å². The van der Waals surface area contributed by atoms with E-state index in [2.05, 4.69) is 26.8 Å². The Morgan fingerprint density at radius 1 is 1.48 bits per heavy atom. The summed E-state index contributed by atoms with van der Waals surface area (Å²) in [4.78, 5) is 5.54. The molecular formula is C14H26N4O2S. The number of aromatic amines is 1. The minimum absolute atomic E-state index is 0.310. The number of hydrogen-bond donors (Lipinski definition) is 3. The molecule has 120 valence electrons. The van der Waals surface area contributed by atoms with E-state index in [1.165, 1.54) is 0 Å². The number of aromatic nitrogens is 1. The second-order valence-corrected chi connectivity index (χ2v) is 7.43. The second-order valence-electron chi connectivity index (χ2n) is 5.67. The van der Waals surface area contributed by atoms with Gasteiger partial charge >= 0.3 is 0 Å². The van der Waals surface area contributed by atoms with Gasteiger partial charge in [-0.2, -0.15) is 0 Å². The third kappa shape index (κ3) is 4.54. The third-order valence-electron chi connectivity index (χ3n) is 3.95. The summed E-state index contributed by atoms with van der Waals surface area (Å²) in [5.74, 6) is 0. The van der Waals surface area contributed by atoms with Gasteiger partial charge in [0.1, 0.15) is 0 Å². The van der Waals surface area contributed by atoms with Gasteiger partial charge in [-0.15, -0.1) is 0 Å². The van der Waals surface area contributed by atoms with E-state index in [9.17, 15) is 8.42 Å². The van der Waals surface area contributed by atoms with Crippen LogP contribution in [0.5, 0.6) is 0 Å². The maximum atomic E-state index is 12.3. The lowest BCUT2D eigenvalue weighted by atomic mass is 10.2. The number of likely N-dealkylation sites (tertiary alicyclic amines) is 1. The summed E-state index contributed by atoms with van der Waals surface area (Å²) in [6.07, 6.45) is 4.81. The van der Waals surface area contributed by atoms with Gasteiger partial charge in [0, 0.05) is 31.0 Å². The zero-order valence-electron chi connectivity index (χ0n) is 12.9. The Kier molecular flexibility index (Phi) is 5.80. The van der Waals surface area contributed by atoms with Crippen molar-refractivity contribution in [1.82, 2.24) is 19.9 Å². The molecule has 1 saturated heterocycles. The van der Waals surface area contributed by atoms with Gasteiger partial charge in [-0.1, -0.05) is 6.92 Å². The second kappa shape index (κ2) is 7.40. The monoisotopic (exact) mass is 314 g/mol. The van der Waals surface area contributed by atoms with Crippen molar-refractivity contribution < 1.29 is 8.42 Å². The van der Waals surface area contributed by atoms with Crippen molar-refractivity contribution in [3.05, 3.63) is 18.0 Å². The van der Waals surface area contributed by atoms with E-state index in [1.807, 2.05) is 7.05 Å². The first-order valence-electron chi connectivity index (χ1n) is 7.61. The first-order chi connectivity index (χ1) is 10.0. The van der Waals surface area contributed by atoms with Crippen molar-refractivity contribution >= 4 is 10.0 Å². The molecule has 1 unspecified atom stereocenters. The molecule has 0 spiro atoms. The van der Waals surface area contributed by atoms with Gasteiger partial charge in [-0.05, 0) is 45.5 Å². The van der Waals surface area contributed by atoms with Crippen molar-refractivity contribution in [3.63, 3.8) is 0 Å². The van der Waals surface area contributed by atoms with Gasteiger partial charge in [0.25, 0.3) is 0 Å². The van der Waals surface area contributed by atoms with Crippen molar-refractivity contribution in [3.8, 4) is 0 Å². The number of likely N-dealkylation sites (N-methyl/N-ethyl adjacent to an activating group) is 1. The molecule has 0 saturated carbocycles. The Labute approximate surface area is 127 Å². The summed E-state index contributed by atoms with van der Waals surface area (Å²) in [6, 6.07) is 2.01. The summed E-state index contributed by atoms with van der Waals surface area (Å²) in [7, 11) is -1.38. The van der Waals surface area contributed by atoms with Crippen molar-refractivity contribution in [1.29, 1.82) is 0 Å². The number of H-pyrrole nitrogens is 1. The molecule has 3 N–H and O–H groups in total.